The number of amides is 2. The Labute approximate surface area is 287 Å². The molecule has 0 aliphatic carbocycles. The highest BCUT2D eigenvalue weighted by molar-refractivity contribution is 7.92. The van der Waals surface area contributed by atoms with Crippen LogP contribution in [0.3, 0.4) is 0 Å². The van der Waals surface area contributed by atoms with Crippen LogP contribution < -0.4 is 14.4 Å². The molecule has 0 saturated carbocycles. The van der Waals surface area contributed by atoms with E-state index in [1.807, 2.05) is 51.1 Å². The Morgan fingerprint density at radius 3 is 2.13 bits per heavy atom. The van der Waals surface area contributed by atoms with Gasteiger partial charge in [-0.15, -0.1) is 0 Å². The van der Waals surface area contributed by atoms with Crippen molar-refractivity contribution in [3.8, 4) is 11.5 Å². The molecule has 0 aliphatic rings. The second-order valence-electron chi connectivity index (χ2n) is 11.1. The summed E-state index contributed by atoms with van der Waals surface area (Å²) >= 11 is 12.4. The molecule has 0 radical (unpaired) electrons. The van der Waals surface area contributed by atoms with Gasteiger partial charge in [-0.3, -0.25) is 13.9 Å². The van der Waals surface area contributed by atoms with E-state index in [0.717, 1.165) is 22.7 Å². The summed E-state index contributed by atoms with van der Waals surface area (Å²) < 4.78 is 35.3. The van der Waals surface area contributed by atoms with E-state index in [1.165, 1.54) is 17.0 Å². The molecule has 0 bridgehead atoms. The van der Waals surface area contributed by atoms with Crippen LogP contribution in [0.25, 0.3) is 0 Å². The van der Waals surface area contributed by atoms with Crippen LogP contribution in [0.5, 0.6) is 11.5 Å². The summed E-state index contributed by atoms with van der Waals surface area (Å²) in [6.45, 7) is 5.61. The molecule has 11 heteroatoms. The van der Waals surface area contributed by atoms with E-state index < -0.39 is 28.5 Å². The molecular weight excluding hydrogens is 657 g/mol. The molecule has 4 aromatic carbocycles. The fourth-order valence-corrected chi connectivity index (χ4v) is 6.67. The number of nitrogens with one attached hydrogen (secondary N) is 1. The molecule has 8 nitrogen and oxygen atoms in total. The molecule has 4 rings (SSSR count). The van der Waals surface area contributed by atoms with E-state index in [2.05, 4.69) is 5.32 Å². The Morgan fingerprint density at radius 1 is 0.851 bits per heavy atom. The van der Waals surface area contributed by atoms with Gasteiger partial charge in [0.2, 0.25) is 11.8 Å². The second-order valence-corrected chi connectivity index (χ2v) is 13.7. The Hall–Kier alpha value is -4.05. The van der Waals surface area contributed by atoms with E-state index in [0.29, 0.717) is 40.1 Å². The van der Waals surface area contributed by atoms with Gasteiger partial charge in [-0.05, 0) is 86.0 Å². The molecule has 0 saturated heterocycles. The molecule has 0 spiro atoms. The van der Waals surface area contributed by atoms with Gasteiger partial charge in [0.15, 0.2) is 0 Å². The predicted octanol–water partition coefficient (Wildman–Crippen LogP) is 8.01. The van der Waals surface area contributed by atoms with Crippen LogP contribution in [0.1, 0.15) is 44.2 Å². The number of halogens is 2. The highest BCUT2D eigenvalue weighted by Gasteiger charge is 2.33. The van der Waals surface area contributed by atoms with Gasteiger partial charge in [0.25, 0.3) is 10.0 Å². The largest absolute Gasteiger partial charge is 0.457 e. The molecule has 248 valence electrons. The van der Waals surface area contributed by atoms with Crippen molar-refractivity contribution in [1.29, 1.82) is 0 Å². The van der Waals surface area contributed by atoms with Crippen molar-refractivity contribution in [2.45, 2.75) is 57.5 Å². The van der Waals surface area contributed by atoms with Crippen LogP contribution in [0, 0.1) is 6.92 Å². The van der Waals surface area contributed by atoms with Gasteiger partial charge in [0, 0.05) is 13.1 Å². The minimum absolute atomic E-state index is 0.0116. The van der Waals surface area contributed by atoms with E-state index in [1.54, 1.807) is 54.6 Å². The van der Waals surface area contributed by atoms with E-state index in [-0.39, 0.29) is 23.0 Å². The number of aryl methyl sites for hydroxylation is 1. The number of para-hydroxylation sites is 1. The molecule has 1 N–H and O–H groups in total. The lowest BCUT2D eigenvalue weighted by Crippen LogP contribution is -2.52. The molecule has 47 heavy (non-hydrogen) atoms. The average molecular weight is 697 g/mol. The van der Waals surface area contributed by atoms with Crippen LogP contribution in [-0.2, 0) is 26.2 Å². The summed E-state index contributed by atoms with van der Waals surface area (Å²) in [6, 6.07) is 26.2. The number of nitrogens with zero attached hydrogens (tertiary/aromatic N) is 2. The highest BCUT2D eigenvalue weighted by atomic mass is 35.5. The van der Waals surface area contributed by atoms with Crippen molar-refractivity contribution in [2.24, 2.45) is 0 Å². The summed E-state index contributed by atoms with van der Waals surface area (Å²) in [5.41, 5.74) is 1.79. The SMILES string of the molecule is CCCCNC(=O)[C@@H](CC)N(Cc1ccc(Cl)c(Cl)c1)C(=O)CN(c1ccc(Oc2ccccc2)cc1)S(=O)(=O)c1ccc(C)cc1. The standard InChI is InChI=1S/C36H39Cl2N3O5S/c1-4-6-22-39-36(43)34(5-2)40(24-27-14-21-32(37)33(38)23-27)35(42)25-41(47(44,45)31-19-12-26(3)13-20-31)28-15-17-30(18-16-28)46-29-10-8-7-9-11-29/h7-21,23,34H,4-6,22,24-25H2,1-3H3,(H,39,43)/t34-/m1/s1. The number of carbonyl (C=O) groups excluding carboxylic acids is 2. The second kappa shape index (κ2) is 16.7. The molecule has 0 aromatic heterocycles. The lowest BCUT2D eigenvalue weighted by Gasteiger charge is -2.33. The first kappa shape index (κ1) is 35.8. The zero-order valence-electron chi connectivity index (χ0n) is 26.7. The van der Waals surface area contributed by atoms with Crippen molar-refractivity contribution in [2.75, 3.05) is 17.4 Å². The number of carbonyl (C=O) groups is 2. The van der Waals surface area contributed by atoms with Gasteiger partial charge in [-0.25, -0.2) is 8.42 Å². The van der Waals surface area contributed by atoms with Crippen molar-refractivity contribution in [3.05, 3.63) is 118 Å². The van der Waals surface area contributed by atoms with E-state index in [4.69, 9.17) is 27.9 Å². The van der Waals surface area contributed by atoms with Gasteiger partial charge in [0.1, 0.15) is 24.1 Å². The lowest BCUT2D eigenvalue weighted by atomic mass is 10.1. The Balaban J connectivity index is 1.72. The maximum Gasteiger partial charge on any atom is 0.264 e. The molecule has 0 fully saturated rings. The third-order valence-corrected chi connectivity index (χ3v) is 10.1. The minimum Gasteiger partial charge on any atom is -0.457 e. The van der Waals surface area contributed by atoms with E-state index >= 15 is 0 Å². The molecule has 4 aromatic rings. The number of rotatable bonds is 15. The zero-order valence-corrected chi connectivity index (χ0v) is 29.0. The summed E-state index contributed by atoms with van der Waals surface area (Å²) in [6.07, 6.45) is 1.99. The van der Waals surface area contributed by atoms with Crippen molar-refractivity contribution >= 4 is 50.7 Å². The minimum atomic E-state index is -4.22. The monoisotopic (exact) mass is 695 g/mol. The third-order valence-electron chi connectivity index (χ3n) is 7.54. The number of hydrogen-bond acceptors (Lipinski definition) is 5. The predicted molar refractivity (Wildman–Crippen MR) is 188 cm³/mol. The van der Waals surface area contributed by atoms with Crippen LogP contribution in [0.15, 0.2) is 102 Å². The summed E-state index contributed by atoms with van der Waals surface area (Å²) in [4.78, 5) is 29.2. The third kappa shape index (κ3) is 9.50. The fourth-order valence-electron chi connectivity index (χ4n) is 4.93. The number of sulfonamides is 1. The number of ether oxygens (including phenoxy) is 1. The Bertz CT molecular complexity index is 1750. The van der Waals surface area contributed by atoms with Crippen LogP contribution in [-0.4, -0.2) is 44.3 Å². The highest BCUT2D eigenvalue weighted by Crippen LogP contribution is 2.29. The molecular formula is C36H39Cl2N3O5S. The van der Waals surface area contributed by atoms with Gasteiger partial charge in [-0.1, -0.05) is 85.4 Å². The average Bonchev–Trinajstić information content (AvgIpc) is 3.06. The molecule has 0 unspecified atom stereocenters. The smallest absolute Gasteiger partial charge is 0.264 e. The molecule has 0 heterocycles. The van der Waals surface area contributed by atoms with Crippen molar-refractivity contribution in [3.63, 3.8) is 0 Å². The van der Waals surface area contributed by atoms with Gasteiger partial charge < -0.3 is 15.0 Å². The summed E-state index contributed by atoms with van der Waals surface area (Å²) in [7, 11) is -4.22. The molecule has 1 atom stereocenters. The fraction of sp³-hybridized carbons (Fsp3) is 0.278. The van der Waals surface area contributed by atoms with Crippen LogP contribution in [0.4, 0.5) is 5.69 Å². The summed E-state index contributed by atoms with van der Waals surface area (Å²) in [5, 5.41) is 3.58. The van der Waals surface area contributed by atoms with E-state index in [9.17, 15) is 18.0 Å². The van der Waals surface area contributed by atoms with Gasteiger partial charge in [0.05, 0.1) is 20.6 Å². The molecule has 0 aliphatic heterocycles. The molecule has 2 amide bonds. The maximum absolute atomic E-state index is 14.3. The first-order chi connectivity index (χ1) is 22.5. The topological polar surface area (TPSA) is 96.0 Å². The number of anilines is 1. The van der Waals surface area contributed by atoms with Crippen molar-refractivity contribution < 1.29 is 22.7 Å². The summed E-state index contributed by atoms with van der Waals surface area (Å²) in [5.74, 6) is 0.244. The normalized spacial score (nSPS) is 11.9. The van der Waals surface area contributed by atoms with Gasteiger partial charge in [-0.2, -0.15) is 0 Å². The number of benzene rings is 4. The van der Waals surface area contributed by atoms with Crippen LogP contribution in [0.2, 0.25) is 10.0 Å². The number of hydrogen-bond donors (Lipinski definition) is 1. The number of unbranched alkanes of at least 4 members (excludes halogenated alkanes) is 1. The zero-order chi connectivity index (χ0) is 34.0. The quantitative estimate of drug-likeness (QED) is 0.127. The Kier molecular flexibility index (Phi) is 12.7. The van der Waals surface area contributed by atoms with Gasteiger partial charge >= 0.3 is 0 Å². The Morgan fingerprint density at radius 2 is 1.51 bits per heavy atom. The van der Waals surface area contributed by atoms with Crippen LogP contribution >= 0.6 is 23.2 Å². The first-order valence-electron chi connectivity index (χ1n) is 15.5. The lowest BCUT2D eigenvalue weighted by molar-refractivity contribution is -0.140. The van der Waals surface area contributed by atoms with Crippen molar-refractivity contribution in [1.82, 2.24) is 10.2 Å². The maximum atomic E-state index is 14.3. The first-order valence-corrected chi connectivity index (χ1v) is 17.7.